The van der Waals surface area contributed by atoms with Gasteiger partial charge in [0, 0.05) is 42.8 Å². The maximum atomic E-state index is 13.4. The Hall–Kier alpha value is -2.99. The van der Waals surface area contributed by atoms with E-state index in [0.29, 0.717) is 0 Å². The molecule has 0 saturated carbocycles. The third kappa shape index (κ3) is 4.78. The van der Waals surface area contributed by atoms with Gasteiger partial charge in [0.25, 0.3) is 0 Å². The first-order chi connectivity index (χ1) is 16.5. The molecule has 0 radical (unpaired) electrons. The topological polar surface area (TPSA) is 57.8 Å². The molecule has 34 heavy (non-hydrogen) atoms. The Morgan fingerprint density at radius 2 is 1.97 bits per heavy atom. The zero-order valence-electron chi connectivity index (χ0n) is 21.1. The van der Waals surface area contributed by atoms with Crippen LogP contribution in [-0.2, 0) is 17.8 Å². The number of nitrogens with one attached hydrogen (secondary N) is 1. The molecule has 0 bridgehead atoms. The fraction of sp³-hybridized carbons (Fsp3) is 0.464. The van der Waals surface area contributed by atoms with E-state index in [0.717, 1.165) is 61.5 Å². The van der Waals surface area contributed by atoms with Crippen molar-refractivity contribution >= 4 is 16.8 Å². The smallest absolute Gasteiger partial charge is 0.227 e. The number of para-hydroxylation sites is 1. The molecule has 3 aromatic rings. The van der Waals surface area contributed by atoms with Crippen molar-refractivity contribution < 1.29 is 14.3 Å². The summed E-state index contributed by atoms with van der Waals surface area (Å²) >= 11 is 0. The van der Waals surface area contributed by atoms with Gasteiger partial charge >= 0.3 is 0 Å². The molecule has 0 aliphatic carbocycles. The van der Waals surface area contributed by atoms with Gasteiger partial charge in [0.2, 0.25) is 5.91 Å². The lowest BCUT2D eigenvalue weighted by Crippen LogP contribution is -2.53. The van der Waals surface area contributed by atoms with Gasteiger partial charge in [-0.15, -0.1) is 0 Å². The average molecular weight is 464 g/mol. The fourth-order valence-corrected chi connectivity index (χ4v) is 5.51. The molecule has 4 rings (SSSR count). The number of methoxy groups -OCH3 is 2. The minimum absolute atomic E-state index is 0.0166. The number of ether oxygens (including phenoxy) is 2. The van der Waals surface area contributed by atoms with Gasteiger partial charge in [-0.1, -0.05) is 31.2 Å². The van der Waals surface area contributed by atoms with E-state index in [1.165, 1.54) is 16.5 Å². The predicted molar refractivity (Wildman–Crippen MR) is 137 cm³/mol. The molecule has 1 fully saturated rings. The number of benzene rings is 2. The summed E-state index contributed by atoms with van der Waals surface area (Å²) in [4.78, 5) is 21.2. The molecule has 6 nitrogen and oxygen atoms in total. The van der Waals surface area contributed by atoms with Crippen LogP contribution in [-0.4, -0.2) is 61.1 Å². The second-order valence-electron chi connectivity index (χ2n) is 9.37. The van der Waals surface area contributed by atoms with E-state index in [1.54, 1.807) is 14.2 Å². The summed E-state index contributed by atoms with van der Waals surface area (Å²) in [5, 5.41) is 1.25. The molecular weight excluding hydrogens is 426 g/mol. The summed E-state index contributed by atoms with van der Waals surface area (Å²) in [5.41, 5.74) is 4.66. The standard InChI is InChI=1S/C28H37N3O3/c1-6-22-25(30(3)18-20-15-19(2)27(34-5)26(16-20)33-4)12-14-31(28(22)32)13-11-21-17-29-24-10-8-7-9-23(21)24/h7-10,15-17,22,25,29H,6,11-14,18H2,1-5H3. The number of rotatable bonds is 9. The first kappa shape index (κ1) is 24.1. The summed E-state index contributed by atoms with van der Waals surface area (Å²) in [6.07, 6.45) is 4.79. The van der Waals surface area contributed by atoms with Crippen LogP contribution in [0.5, 0.6) is 11.5 Å². The molecule has 2 heterocycles. The van der Waals surface area contributed by atoms with Crippen LogP contribution >= 0.6 is 0 Å². The number of hydrogen-bond acceptors (Lipinski definition) is 4. The molecule has 2 aromatic carbocycles. The quantitative estimate of drug-likeness (QED) is 0.496. The van der Waals surface area contributed by atoms with E-state index in [-0.39, 0.29) is 17.9 Å². The summed E-state index contributed by atoms with van der Waals surface area (Å²) in [7, 11) is 5.47. The number of carbonyl (C=O) groups excluding carboxylic acids is 1. The van der Waals surface area contributed by atoms with Crippen LogP contribution in [0.15, 0.2) is 42.6 Å². The first-order valence-corrected chi connectivity index (χ1v) is 12.2. The minimum Gasteiger partial charge on any atom is -0.493 e. The van der Waals surface area contributed by atoms with Crippen molar-refractivity contribution in [2.24, 2.45) is 5.92 Å². The molecule has 2 unspecified atom stereocenters. The second-order valence-corrected chi connectivity index (χ2v) is 9.37. The molecule has 1 aromatic heterocycles. The van der Waals surface area contributed by atoms with Gasteiger partial charge in [-0.25, -0.2) is 0 Å². The van der Waals surface area contributed by atoms with E-state index < -0.39 is 0 Å². The molecule has 1 amide bonds. The van der Waals surface area contributed by atoms with Crippen molar-refractivity contribution in [3.05, 3.63) is 59.3 Å². The van der Waals surface area contributed by atoms with Gasteiger partial charge < -0.3 is 19.4 Å². The predicted octanol–water partition coefficient (Wildman–Crippen LogP) is 4.80. The SMILES string of the molecule is CCC1C(=O)N(CCc2c[nH]c3ccccc23)CCC1N(C)Cc1cc(C)c(OC)c(OC)c1. The lowest BCUT2D eigenvalue weighted by molar-refractivity contribution is -0.142. The molecule has 2 atom stereocenters. The van der Waals surface area contributed by atoms with E-state index in [4.69, 9.17) is 9.47 Å². The van der Waals surface area contributed by atoms with Gasteiger partial charge in [-0.05, 0) is 62.1 Å². The van der Waals surface area contributed by atoms with Crippen molar-refractivity contribution in [3.8, 4) is 11.5 Å². The molecule has 1 N–H and O–H groups in total. The third-order valence-corrected chi connectivity index (χ3v) is 7.28. The first-order valence-electron chi connectivity index (χ1n) is 12.2. The molecule has 1 saturated heterocycles. The highest BCUT2D eigenvalue weighted by molar-refractivity contribution is 5.83. The number of amides is 1. The number of aryl methyl sites for hydroxylation is 1. The van der Waals surface area contributed by atoms with E-state index in [1.807, 2.05) is 19.1 Å². The van der Waals surface area contributed by atoms with Gasteiger partial charge in [0.1, 0.15) is 0 Å². The zero-order chi connectivity index (χ0) is 24.2. The average Bonchev–Trinajstić information content (AvgIpc) is 3.25. The zero-order valence-corrected chi connectivity index (χ0v) is 21.1. The van der Waals surface area contributed by atoms with Crippen LogP contribution in [0.2, 0.25) is 0 Å². The third-order valence-electron chi connectivity index (χ3n) is 7.28. The Kier molecular flexibility index (Phi) is 7.47. The van der Waals surface area contributed by atoms with Crippen molar-refractivity contribution in [3.63, 3.8) is 0 Å². The number of nitrogens with zero attached hydrogens (tertiary/aromatic N) is 2. The number of carbonyl (C=O) groups is 1. The van der Waals surface area contributed by atoms with Crippen LogP contribution in [0.1, 0.15) is 36.5 Å². The van der Waals surface area contributed by atoms with Crippen LogP contribution in [0, 0.1) is 12.8 Å². The Morgan fingerprint density at radius 1 is 1.18 bits per heavy atom. The van der Waals surface area contributed by atoms with Crippen LogP contribution in [0.25, 0.3) is 10.9 Å². The number of likely N-dealkylation sites (tertiary alicyclic amines) is 1. The van der Waals surface area contributed by atoms with Gasteiger partial charge in [-0.3, -0.25) is 9.69 Å². The number of aromatic nitrogens is 1. The lowest BCUT2D eigenvalue weighted by atomic mass is 9.87. The van der Waals surface area contributed by atoms with Crippen molar-refractivity contribution in [2.75, 3.05) is 34.4 Å². The van der Waals surface area contributed by atoms with Crippen LogP contribution in [0.4, 0.5) is 0 Å². The maximum Gasteiger partial charge on any atom is 0.227 e. The summed E-state index contributed by atoms with van der Waals surface area (Å²) in [6, 6.07) is 12.8. The van der Waals surface area contributed by atoms with Gasteiger partial charge in [0.05, 0.1) is 20.1 Å². The summed E-state index contributed by atoms with van der Waals surface area (Å²) in [6.45, 7) is 6.51. The minimum atomic E-state index is 0.0166. The number of piperidine rings is 1. The van der Waals surface area contributed by atoms with Crippen LogP contribution in [0.3, 0.4) is 0 Å². The highest BCUT2D eigenvalue weighted by atomic mass is 16.5. The second kappa shape index (κ2) is 10.5. The van der Waals surface area contributed by atoms with E-state index >= 15 is 0 Å². The Bertz CT molecular complexity index is 1140. The molecule has 6 heteroatoms. The van der Waals surface area contributed by atoms with Crippen LogP contribution < -0.4 is 9.47 Å². The molecule has 0 spiro atoms. The molecule has 1 aliphatic rings. The summed E-state index contributed by atoms with van der Waals surface area (Å²) < 4.78 is 11.0. The van der Waals surface area contributed by atoms with Crippen molar-refractivity contribution in [2.45, 2.75) is 45.7 Å². The number of H-pyrrole nitrogens is 1. The summed E-state index contributed by atoms with van der Waals surface area (Å²) in [5.74, 6) is 1.83. The highest BCUT2D eigenvalue weighted by Gasteiger charge is 2.37. The maximum absolute atomic E-state index is 13.4. The number of aromatic amines is 1. The van der Waals surface area contributed by atoms with E-state index in [9.17, 15) is 4.79 Å². The van der Waals surface area contributed by atoms with Gasteiger partial charge in [0.15, 0.2) is 11.5 Å². The normalized spacial score (nSPS) is 18.6. The number of fused-ring (bicyclic) bond motifs is 1. The fourth-order valence-electron chi connectivity index (χ4n) is 5.51. The molecular formula is C28H37N3O3. The Labute approximate surface area is 202 Å². The van der Waals surface area contributed by atoms with Crippen molar-refractivity contribution in [1.82, 2.24) is 14.8 Å². The largest absolute Gasteiger partial charge is 0.493 e. The van der Waals surface area contributed by atoms with Crippen molar-refractivity contribution in [1.29, 1.82) is 0 Å². The lowest BCUT2D eigenvalue weighted by Gasteiger charge is -2.42. The Balaban J connectivity index is 1.42. The van der Waals surface area contributed by atoms with E-state index in [2.05, 4.69) is 59.2 Å². The van der Waals surface area contributed by atoms with Gasteiger partial charge in [-0.2, -0.15) is 0 Å². The molecule has 1 aliphatic heterocycles. The number of hydrogen-bond donors (Lipinski definition) is 1. The Morgan fingerprint density at radius 3 is 2.71 bits per heavy atom. The highest BCUT2D eigenvalue weighted by Crippen LogP contribution is 2.33. The monoisotopic (exact) mass is 463 g/mol. The molecule has 182 valence electrons.